The Balaban J connectivity index is 1.56. The van der Waals surface area contributed by atoms with Gasteiger partial charge in [0.05, 0.1) is 5.60 Å². The molecule has 1 saturated carbocycles. The Bertz CT molecular complexity index is 684. The summed E-state index contributed by atoms with van der Waals surface area (Å²) < 4.78 is 5.74. The van der Waals surface area contributed by atoms with E-state index in [1.807, 2.05) is 54.6 Å². The lowest BCUT2D eigenvalue weighted by molar-refractivity contribution is -0.0287. The van der Waals surface area contributed by atoms with Crippen molar-refractivity contribution < 1.29 is 14.6 Å². The molecule has 1 aliphatic carbocycles. The van der Waals surface area contributed by atoms with Crippen molar-refractivity contribution in [3.05, 3.63) is 60.2 Å². The number of hydrogen-bond donors (Lipinski definition) is 3. The molecule has 0 aliphatic heterocycles. The smallest absolute Gasteiger partial charge is 0.319 e. The Hall–Kier alpha value is -2.53. The summed E-state index contributed by atoms with van der Waals surface area (Å²) in [6, 6.07) is 16.7. The van der Waals surface area contributed by atoms with Gasteiger partial charge in [0.2, 0.25) is 0 Å². The highest BCUT2D eigenvalue weighted by molar-refractivity contribution is 5.90. The van der Waals surface area contributed by atoms with E-state index in [0.29, 0.717) is 12.3 Å². The Morgan fingerprint density at radius 2 is 1.79 bits per heavy atom. The van der Waals surface area contributed by atoms with Crippen LogP contribution in [0.5, 0.6) is 5.75 Å². The molecule has 2 aromatic rings. The molecule has 126 valence electrons. The van der Waals surface area contributed by atoms with Gasteiger partial charge < -0.3 is 20.5 Å². The number of anilines is 1. The summed E-state index contributed by atoms with van der Waals surface area (Å²) in [6.45, 7) is 0.645. The average Bonchev–Trinajstić information content (AvgIpc) is 2.58. The average molecular weight is 326 g/mol. The zero-order valence-electron chi connectivity index (χ0n) is 13.5. The number of benzene rings is 2. The first-order valence-corrected chi connectivity index (χ1v) is 8.18. The summed E-state index contributed by atoms with van der Waals surface area (Å²) in [6.07, 6.45) is 2.50. The molecule has 3 rings (SSSR count). The zero-order valence-corrected chi connectivity index (χ0v) is 13.5. The van der Waals surface area contributed by atoms with Crippen molar-refractivity contribution in [2.24, 2.45) is 0 Å². The first-order chi connectivity index (χ1) is 11.6. The molecule has 24 heavy (non-hydrogen) atoms. The molecule has 5 nitrogen and oxygen atoms in total. The second-order valence-corrected chi connectivity index (χ2v) is 6.14. The van der Waals surface area contributed by atoms with Crippen molar-refractivity contribution in [2.45, 2.75) is 31.5 Å². The van der Waals surface area contributed by atoms with Gasteiger partial charge in [-0.3, -0.25) is 0 Å². The fourth-order valence-electron chi connectivity index (χ4n) is 2.62. The van der Waals surface area contributed by atoms with Gasteiger partial charge in [0, 0.05) is 17.8 Å². The molecule has 0 aromatic heterocycles. The highest BCUT2D eigenvalue weighted by atomic mass is 16.5. The van der Waals surface area contributed by atoms with Gasteiger partial charge in [-0.1, -0.05) is 36.4 Å². The minimum Gasteiger partial charge on any atom is -0.489 e. The molecule has 1 aliphatic rings. The normalized spacial score (nSPS) is 15.2. The van der Waals surface area contributed by atoms with Gasteiger partial charge in [-0.2, -0.15) is 0 Å². The quantitative estimate of drug-likeness (QED) is 0.763. The maximum atomic E-state index is 12.1. The van der Waals surface area contributed by atoms with Crippen LogP contribution in [0.2, 0.25) is 0 Å². The van der Waals surface area contributed by atoms with Gasteiger partial charge in [0.25, 0.3) is 0 Å². The number of ether oxygens (including phenoxy) is 1. The molecule has 0 atom stereocenters. The van der Waals surface area contributed by atoms with Crippen LogP contribution in [-0.4, -0.2) is 23.3 Å². The van der Waals surface area contributed by atoms with Crippen LogP contribution in [0.4, 0.5) is 10.5 Å². The molecule has 2 amide bonds. The second-order valence-electron chi connectivity index (χ2n) is 6.14. The van der Waals surface area contributed by atoms with Gasteiger partial charge >= 0.3 is 6.03 Å². The largest absolute Gasteiger partial charge is 0.489 e. The number of nitrogens with one attached hydrogen (secondary N) is 2. The minimum absolute atomic E-state index is 0.279. The lowest BCUT2D eigenvalue weighted by atomic mass is 9.80. The third-order valence-corrected chi connectivity index (χ3v) is 4.27. The molecule has 0 radical (unpaired) electrons. The Labute approximate surface area is 141 Å². The van der Waals surface area contributed by atoms with Gasteiger partial charge in [-0.15, -0.1) is 0 Å². The van der Waals surface area contributed by atoms with E-state index in [4.69, 9.17) is 4.74 Å². The van der Waals surface area contributed by atoms with Crippen molar-refractivity contribution in [3.8, 4) is 5.75 Å². The molecular formula is C19H22N2O3. The number of amides is 2. The van der Waals surface area contributed by atoms with E-state index < -0.39 is 5.60 Å². The summed E-state index contributed by atoms with van der Waals surface area (Å²) in [7, 11) is 0. The molecule has 1 fully saturated rings. The predicted molar refractivity (Wildman–Crippen MR) is 93.0 cm³/mol. The van der Waals surface area contributed by atoms with Crippen LogP contribution < -0.4 is 15.4 Å². The molecular weight excluding hydrogens is 304 g/mol. The van der Waals surface area contributed by atoms with Crippen molar-refractivity contribution in [2.75, 3.05) is 11.9 Å². The van der Waals surface area contributed by atoms with E-state index in [0.717, 1.165) is 30.6 Å². The summed E-state index contributed by atoms with van der Waals surface area (Å²) in [4.78, 5) is 12.1. The molecule has 0 spiro atoms. The van der Waals surface area contributed by atoms with Gasteiger partial charge in [0.15, 0.2) is 0 Å². The number of aliphatic hydroxyl groups is 1. The van der Waals surface area contributed by atoms with Gasteiger partial charge in [-0.05, 0) is 37.5 Å². The number of hydrogen-bond acceptors (Lipinski definition) is 3. The fourth-order valence-corrected chi connectivity index (χ4v) is 2.62. The third-order valence-electron chi connectivity index (χ3n) is 4.27. The molecule has 0 bridgehead atoms. The number of urea groups is 1. The van der Waals surface area contributed by atoms with Crippen LogP contribution in [0.15, 0.2) is 54.6 Å². The molecule has 2 aromatic carbocycles. The Morgan fingerprint density at radius 3 is 2.50 bits per heavy atom. The standard InChI is InChI=1S/C19H22N2O3/c22-18(20-14-19(23)11-6-12-19)21-17-10-5-4-7-15(17)13-24-16-8-2-1-3-9-16/h1-5,7-10,23H,6,11-14H2,(H2,20,21,22). The number of carbonyl (C=O) groups excluding carboxylic acids is 1. The molecule has 0 saturated heterocycles. The minimum atomic E-state index is -0.729. The van der Waals surface area contributed by atoms with Crippen LogP contribution >= 0.6 is 0 Å². The fraction of sp³-hybridized carbons (Fsp3) is 0.316. The van der Waals surface area contributed by atoms with E-state index in [-0.39, 0.29) is 12.6 Å². The van der Waals surface area contributed by atoms with E-state index >= 15 is 0 Å². The summed E-state index contributed by atoms with van der Waals surface area (Å²) >= 11 is 0. The molecule has 0 unspecified atom stereocenters. The van der Waals surface area contributed by atoms with Gasteiger partial charge in [0.1, 0.15) is 12.4 Å². The monoisotopic (exact) mass is 326 g/mol. The van der Waals surface area contributed by atoms with Crippen LogP contribution in [0.25, 0.3) is 0 Å². The summed E-state index contributed by atoms with van der Waals surface area (Å²) in [5.41, 5.74) is 0.859. The highest BCUT2D eigenvalue weighted by Crippen LogP contribution is 2.30. The summed E-state index contributed by atoms with van der Waals surface area (Å²) in [5, 5.41) is 15.6. The number of para-hydroxylation sites is 2. The van der Waals surface area contributed by atoms with Crippen molar-refractivity contribution in [3.63, 3.8) is 0 Å². The van der Waals surface area contributed by atoms with E-state index in [2.05, 4.69) is 10.6 Å². The molecule has 3 N–H and O–H groups in total. The Kier molecular flexibility index (Phi) is 5.01. The first-order valence-electron chi connectivity index (χ1n) is 8.18. The first kappa shape index (κ1) is 16.3. The maximum absolute atomic E-state index is 12.1. The van der Waals surface area contributed by atoms with Crippen molar-refractivity contribution >= 4 is 11.7 Å². The van der Waals surface area contributed by atoms with Crippen molar-refractivity contribution in [1.29, 1.82) is 0 Å². The van der Waals surface area contributed by atoms with Crippen LogP contribution in [-0.2, 0) is 6.61 Å². The maximum Gasteiger partial charge on any atom is 0.319 e. The predicted octanol–water partition coefficient (Wildman–Crippen LogP) is 3.30. The Morgan fingerprint density at radius 1 is 1.08 bits per heavy atom. The molecule has 5 heteroatoms. The zero-order chi connectivity index (χ0) is 16.8. The van der Waals surface area contributed by atoms with Crippen LogP contribution in [0, 0.1) is 0 Å². The van der Waals surface area contributed by atoms with Crippen LogP contribution in [0.3, 0.4) is 0 Å². The number of carbonyl (C=O) groups is 1. The third kappa shape index (κ3) is 4.26. The molecule has 0 heterocycles. The van der Waals surface area contributed by atoms with Gasteiger partial charge in [-0.25, -0.2) is 4.79 Å². The van der Waals surface area contributed by atoms with E-state index in [9.17, 15) is 9.90 Å². The topological polar surface area (TPSA) is 70.6 Å². The number of rotatable bonds is 6. The SMILES string of the molecule is O=C(NCC1(O)CCC1)Nc1ccccc1COc1ccccc1. The van der Waals surface area contributed by atoms with E-state index in [1.54, 1.807) is 0 Å². The van der Waals surface area contributed by atoms with E-state index in [1.165, 1.54) is 0 Å². The second kappa shape index (κ2) is 7.36. The summed E-state index contributed by atoms with van der Waals surface area (Å²) in [5.74, 6) is 0.781. The lowest BCUT2D eigenvalue weighted by Crippen LogP contribution is -2.48. The van der Waals surface area contributed by atoms with Crippen LogP contribution in [0.1, 0.15) is 24.8 Å². The lowest BCUT2D eigenvalue weighted by Gasteiger charge is -2.36. The van der Waals surface area contributed by atoms with Crippen molar-refractivity contribution in [1.82, 2.24) is 5.32 Å². The highest BCUT2D eigenvalue weighted by Gasteiger charge is 2.34.